The van der Waals surface area contributed by atoms with E-state index in [1.54, 1.807) is 30.3 Å². The van der Waals surface area contributed by atoms with E-state index in [1.165, 1.54) is 6.20 Å². The number of nitro groups is 1. The molecule has 0 bridgehead atoms. The predicted octanol–water partition coefficient (Wildman–Crippen LogP) is 2.35. The van der Waals surface area contributed by atoms with Gasteiger partial charge in [0.25, 0.3) is 0 Å². The fraction of sp³-hybridized carbons (Fsp3) is 0.0833. The summed E-state index contributed by atoms with van der Waals surface area (Å²) in [6.07, 6.45) is 1.50. The molecular formula is C12H10N2O3. The maximum Gasteiger partial charge on any atom is 0.324 e. The normalized spacial score (nSPS) is 10.1. The number of ketones is 1. The van der Waals surface area contributed by atoms with Crippen LogP contribution in [-0.2, 0) is 6.42 Å². The van der Waals surface area contributed by atoms with Gasteiger partial charge in [0.1, 0.15) is 0 Å². The van der Waals surface area contributed by atoms with Crippen molar-refractivity contribution in [3.63, 3.8) is 0 Å². The van der Waals surface area contributed by atoms with E-state index in [4.69, 9.17) is 0 Å². The van der Waals surface area contributed by atoms with Gasteiger partial charge in [0.05, 0.1) is 11.8 Å². The van der Waals surface area contributed by atoms with Gasteiger partial charge < -0.3 is 10.1 Å². The second-order valence-electron chi connectivity index (χ2n) is 3.57. The number of H-pyrrole nitrogens is 1. The van der Waals surface area contributed by atoms with Gasteiger partial charge in [0.15, 0.2) is 5.78 Å². The highest BCUT2D eigenvalue weighted by Crippen LogP contribution is 2.17. The van der Waals surface area contributed by atoms with Crippen molar-refractivity contribution in [3.05, 3.63) is 63.8 Å². The van der Waals surface area contributed by atoms with Crippen LogP contribution in [0.3, 0.4) is 0 Å². The first-order valence-corrected chi connectivity index (χ1v) is 5.07. The Bertz CT molecular complexity index is 546. The molecule has 0 fully saturated rings. The van der Waals surface area contributed by atoms with Crippen LogP contribution in [0.4, 0.5) is 5.82 Å². The van der Waals surface area contributed by atoms with Crippen molar-refractivity contribution >= 4 is 11.6 Å². The molecule has 86 valence electrons. The van der Waals surface area contributed by atoms with Crippen molar-refractivity contribution in [2.24, 2.45) is 0 Å². The van der Waals surface area contributed by atoms with E-state index < -0.39 is 4.92 Å². The zero-order chi connectivity index (χ0) is 12.3. The molecule has 17 heavy (non-hydrogen) atoms. The van der Waals surface area contributed by atoms with Gasteiger partial charge >= 0.3 is 5.82 Å². The van der Waals surface area contributed by atoms with Crippen LogP contribution in [-0.4, -0.2) is 15.7 Å². The molecule has 2 aromatic rings. The summed E-state index contributed by atoms with van der Waals surface area (Å²) in [6, 6.07) is 10.3. The molecule has 1 heterocycles. The largest absolute Gasteiger partial charge is 0.358 e. The summed E-state index contributed by atoms with van der Waals surface area (Å²) in [5.41, 5.74) is 0.965. The molecule has 1 aromatic carbocycles. The van der Waals surface area contributed by atoms with Crippen LogP contribution in [0.2, 0.25) is 0 Å². The average Bonchev–Trinajstić information content (AvgIpc) is 2.78. The van der Waals surface area contributed by atoms with E-state index in [0.29, 0.717) is 11.1 Å². The van der Waals surface area contributed by atoms with Gasteiger partial charge in [-0.25, -0.2) is 4.98 Å². The lowest BCUT2D eigenvalue weighted by atomic mass is 10.0. The fourth-order valence-corrected chi connectivity index (χ4v) is 1.60. The summed E-state index contributed by atoms with van der Waals surface area (Å²) >= 11 is 0. The smallest absolute Gasteiger partial charge is 0.324 e. The first-order chi connectivity index (χ1) is 8.18. The Morgan fingerprint density at radius 2 is 1.94 bits per heavy atom. The predicted molar refractivity (Wildman–Crippen MR) is 61.9 cm³/mol. The van der Waals surface area contributed by atoms with Gasteiger partial charge in [-0.05, 0) is 11.0 Å². The van der Waals surface area contributed by atoms with Crippen molar-refractivity contribution in [1.82, 2.24) is 4.98 Å². The summed E-state index contributed by atoms with van der Waals surface area (Å²) in [6.45, 7) is 0. The lowest BCUT2D eigenvalue weighted by Crippen LogP contribution is -2.04. The minimum atomic E-state index is -0.520. The second-order valence-corrected chi connectivity index (χ2v) is 3.57. The Morgan fingerprint density at radius 3 is 2.59 bits per heavy atom. The molecule has 0 atom stereocenters. The van der Waals surface area contributed by atoms with Crippen molar-refractivity contribution in [2.45, 2.75) is 6.42 Å². The molecular weight excluding hydrogens is 220 g/mol. The quantitative estimate of drug-likeness (QED) is 0.497. The van der Waals surface area contributed by atoms with Crippen molar-refractivity contribution in [2.75, 3.05) is 0 Å². The number of hydrogen-bond donors (Lipinski definition) is 1. The van der Waals surface area contributed by atoms with Crippen LogP contribution in [0.1, 0.15) is 15.9 Å². The number of hydrogen-bond acceptors (Lipinski definition) is 3. The number of nitrogens with one attached hydrogen (secondary N) is 1. The second kappa shape index (κ2) is 4.61. The average molecular weight is 230 g/mol. The zero-order valence-electron chi connectivity index (χ0n) is 8.92. The number of aromatic nitrogens is 1. The highest BCUT2D eigenvalue weighted by Gasteiger charge is 2.16. The minimum Gasteiger partial charge on any atom is -0.358 e. The lowest BCUT2D eigenvalue weighted by molar-refractivity contribution is -0.389. The number of rotatable bonds is 4. The van der Waals surface area contributed by atoms with Gasteiger partial charge in [0.2, 0.25) is 0 Å². The van der Waals surface area contributed by atoms with E-state index in [-0.39, 0.29) is 18.0 Å². The summed E-state index contributed by atoms with van der Waals surface area (Å²) in [5, 5.41) is 10.7. The maximum atomic E-state index is 11.9. The molecule has 0 aliphatic carbocycles. The van der Waals surface area contributed by atoms with Crippen molar-refractivity contribution < 1.29 is 9.72 Å². The Labute approximate surface area is 97.2 Å². The summed E-state index contributed by atoms with van der Waals surface area (Å²) in [5.74, 6) is -0.248. The number of aromatic amines is 1. The topological polar surface area (TPSA) is 76.0 Å². The number of benzene rings is 1. The van der Waals surface area contributed by atoms with E-state index in [0.717, 1.165) is 0 Å². The maximum absolute atomic E-state index is 11.9. The Kier molecular flexibility index (Phi) is 3.00. The third-order valence-corrected chi connectivity index (χ3v) is 2.44. The molecule has 0 aliphatic heterocycles. The first kappa shape index (κ1) is 11.1. The Morgan fingerprint density at radius 1 is 1.24 bits per heavy atom. The van der Waals surface area contributed by atoms with Gasteiger partial charge in [-0.15, -0.1) is 0 Å². The van der Waals surface area contributed by atoms with E-state index >= 15 is 0 Å². The van der Waals surface area contributed by atoms with Gasteiger partial charge in [0, 0.05) is 12.0 Å². The first-order valence-electron chi connectivity index (χ1n) is 5.07. The van der Waals surface area contributed by atoms with E-state index in [1.807, 2.05) is 6.07 Å². The highest BCUT2D eigenvalue weighted by atomic mass is 16.6. The Hall–Kier alpha value is -2.43. The molecule has 2 rings (SSSR count). The van der Waals surface area contributed by atoms with Gasteiger partial charge in [-0.1, -0.05) is 30.3 Å². The monoisotopic (exact) mass is 230 g/mol. The molecule has 0 radical (unpaired) electrons. The fourth-order valence-electron chi connectivity index (χ4n) is 1.60. The molecule has 1 aromatic heterocycles. The van der Waals surface area contributed by atoms with Gasteiger partial charge in [-0.2, -0.15) is 0 Å². The van der Waals surface area contributed by atoms with E-state index in [9.17, 15) is 14.9 Å². The van der Waals surface area contributed by atoms with Crippen LogP contribution < -0.4 is 0 Å². The molecule has 0 amide bonds. The molecule has 5 nitrogen and oxygen atoms in total. The summed E-state index contributed by atoms with van der Waals surface area (Å²) in [4.78, 5) is 24.5. The minimum absolute atomic E-state index is 0.0316. The molecule has 0 aliphatic rings. The molecule has 0 saturated heterocycles. The lowest BCUT2D eigenvalue weighted by Gasteiger charge is -1.99. The van der Waals surface area contributed by atoms with Gasteiger partial charge in [-0.3, -0.25) is 4.79 Å². The van der Waals surface area contributed by atoms with Crippen LogP contribution >= 0.6 is 0 Å². The zero-order valence-corrected chi connectivity index (χ0v) is 8.92. The molecule has 0 saturated carbocycles. The standard InChI is InChI=1S/C12H10N2O3/c15-11(9-4-2-1-3-5-9)8-10-6-7-13-12(10)14(16)17/h1-7,13H,8H2. The van der Waals surface area contributed by atoms with Crippen LogP contribution in [0.25, 0.3) is 0 Å². The third kappa shape index (κ3) is 2.39. The molecule has 0 unspecified atom stereocenters. The molecule has 0 spiro atoms. The number of Topliss-reactive ketones (excluding diaryl/α,β-unsaturated/α-hetero) is 1. The number of nitrogens with zero attached hydrogens (tertiary/aromatic N) is 1. The summed E-state index contributed by atoms with van der Waals surface area (Å²) in [7, 11) is 0. The Balaban J connectivity index is 2.19. The van der Waals surface area contributed by atoms with Crippen LogP contribution in [0, 0.1) is 10.1 Å². The highest BCUT2D eigenvalue weighted by molar-refractivity contribution is 5.97. The van der Waals surface area contributed by atoms with Crippen molar-refractivity contribution in [3.8, 4) is 0 Å². The van der Waals surface area contributed by atoms with E-state index in [2.05, 4.69) is 4.98 Å². The number of carbonyl (C=O) groups is 1. The number of carbonyl (C=O) groups excluding carboxylic acids is 1. The summed E-state index contributed by atoms with van der Waals surface area (Å²) < 4.78 is 0. The van der Waals surface area contributed by atoms with Crippen LogP contribution in [0.5, 0.6) is 0 Å². The van der Waals surface area contributed by atoms with Crippen LogP contribution in [0.15, 0.2) is 42.6 Å². The molecule has 1 N–H and O–H groups in total. The van der Waals surface area contributed by atoms with Crippen molar-refractivity contribution in [1.29, 1.82) is 0 Å². The molecule has 5 heteroatoms. The SMILES string of the molecule is O=C(Cc1cc[nH]c1[N+](=O)[O-])c1ccccc1. The third-order valence-electron chi connectivity index (χ3n) is 2.44.